The average Bonchev–Trinajstić information content (AvgIpc) is 0.760. The van der Waals surface area contributed by atoms with E-state index in [-0.39, 0.29) is 5.97 Å². The van der Waals surface area contributed by atoms with Gasteiger partial charge in [0.25, 0.3) is 5.97 Å². The fraction of sp³-hybridized carbons (Fsp3) is 0.993. The van der Waals surface area contributed by atoms with Crippen LogP contribution in [-0.2, 0) is 25.7 Å². The van der Waals surface area contributed by atoms with Crippen LogP contribution in [0.4, 0.5) is 0 Å². The van der Waals surface area contributed by atoms with E-state index in [9.17, 15) is 16.5 Å². The second kappa shape index (κ2) is 117. The maximum atomic E-state index is 15.1. The van der Waals surface area contributed by atoms with Crippen molar-refractivity contribution in [3.8, 4) is 0 Å². The van der Waals surface area contributed by atoms with Crippen LogP contribution in [0.15, 0.2) is 0 Å². The van der Waals surface area contributed by atoms with Gasteiger partial charge in [0.05, 0.1) is 0 Å². The van der Waals surface area contributed by atoms with Crippen LogP contribution in [-0.4, -0.2) is 48.5 Å². The van der Waals surface area contributed by atoms with Gasteiger partial charge in [0.1, 0.15) is 0 Å². The van der Waals surface area contributed by atoms with Gasteiger partial charge in [-0.1, -0.05) is 782 Å². The lowest BCUT2D eigenvalue weighted by atomic mass is 10.1. The number of hydrogen-bond acceptors (Lipinski definition) is 6. The molecule has 0 aliphatic heterocycles. The van der Waals surface area contributed by atoms with Gasteiger partial charge in [0, 0.05) is 19.0 Å². The van der Waals surface area contributed by atoms with Crippen LogP contribution in [0.3, 0.4) is 0 Å². The van der Waals surface area contributed by atoms with Crippen LogP contribution in [0, 0.1) is 0 Å². The lowest BCUT2D eigenvalue weighted by Crippen LogP contribution is -2.65. The van der Waals surface area contributed by atoms with Crippen LogP contribution in [0.1, 0.15) is 789 Å². The van der Waals surface area contributed by atoms with Crippen molar-refractivity contribution in [1.82, 2.24) is 0 Å². The number of carbonyl (C=O) groups excluding carboxylic acids is 1. The molecule has 0 fully saturated rings. The average molecular weight is 2130 g/mol. The molecule has 0 saturated heterocycles. The van der Waals surface area contributed by atoms with Gasteiger partial charge in [-0.3, -0.25) is 4.79 Å². The first-order chi connectivity index (χ1) is 71.4. The van der Waals surface area contributed by atoms with Crippen molar-refractivity contribution in [2.24, 2.45) is 0 Å². The van der Waals surface area contributed by atoms with Crippen molar-refractivity contribution < 1.29 is 25.7 Å². The Morgan fingerprint density at radius 3 is 0.324 bits per heavy atom. The number of carbonyl (C=O) groups is 1. The first-order valence-electron chi connectivity index (χ1n) is 69.4. The van der Waals surface area contributed by atoms with E-state index >= 15 is 4.79 Å². The molecule has 0 aromatic carbocycles. The minimum atomic E-state index is -3.43. The monoisotopic (exact) mass is 2120 g/mol. The van der Waals surface area contributed by atoms with Crippen molar-refractivity contribution in [3.63, 3.8) is 0 Å². The predicted octanol–water partition coefficient (Wildman–Crippen LogP) is 51.5. The zero-order valence-electron chi connectivity index (χ0n) is 103. The molecule has 0 bridgehead atoms. The van der Waals surface area contributed by atoms with Gasteiger partial charge < -0.3 is 20.9 Å². The first-order valence-corrected chi connectivity index (χ1v) is 80.9. The van der Waals surface area contributed by atoms with E-state index < -0.39 is 42.6 Å². The highest BCUT2D eigenvalue weighted by Gasteiger charge is 2.58. The minimum absolute atomic E-state index is 0.0663. The molecule has 6 nitrogen and oxygen atoms in total. The van der Waals surface area contributed by atoms with Gasteiger partial charge in [-0.15, -0.1) is 0 Å². The summed E-state index contributed by atoms with van der Waals surface area (Å²) in [7, 11) is -16.0. The van der Waals surface area contributed by atoms with Gasteiger partial charge in [0.15, 0.2) is 8.32 Å². The van der Waals surface area contributed by atoms with E-state index in [4.69, 9.17) is 4.43 Å². The Balaban J connectivity index is 10.7. The summed E-state index contributed by atoms with van der Waals surface area (Å²) >= 11 is 0. The van der Waals surface area contributed by atoms with Crippen LogP contribution in [0.2, 0.25) is 66.5 Å². The van der Waals surface area contributed by atoms with Gasteiger partial charge in [0.2, 0.25) is 0 Å². The normalized spacial score (nSPS) is 12.4. The Morgan fingerprint density at radius 1 is 0.117 bits per heavy atom. The summed E-state index contributed by atoms with van der Waals surface area (Å²) in [6.07, 6.45) is 149. The highest BCUT2D eigenvalue weighted by Crippen LogP contribution is 2.47. The number of rotatable bonds is 130. The summed E-state index contributed by atoms with van der Waals surface area (Å²) in [4.78, 5) is 15.1. The van der Waals surface area contributed by atoms with E-state index in [0.717, 1.165) is 49.1 Å². The zero-order chi connectivity index (χ0) is 105. The molecule has 0 aliphatic rings. The summed E-state index contributed by atoms with van der Waals surface area (Å²) in [5, 5.41) is 0. The molecule has 0 heterocycles. The molecule has 0 amide bonds. The van der Waals surface area contributed by atoms with E-state index in [0.29, 0.717) is 0 Å². The maximum Gasteiger partial charge on any atom is 0.392 e. The van der Waals surface area contributed by atoms with E-state index in [1.54, 1.807) is 0 Å². The van der Waals surface area contributed by atoms with Gasteiger partial charge >= 0.3 is 34.2 Å². The molecule has 0 unspecified atom stereocenters. The Hall–Kier alpha value is 0.394. The molecule has 0 N–H and O–H groups in total. The van der Waals surface area contributed by atoms with Crippen molar-refractivity contribution >= 4 is 48.5 Å². The second-order valence-corrected chi connectivity index (χ2v) is 67.7. The molecule has 145 heavy (non-hydrogen) atoms. The van der Waals surface area contributed by atoms with Crippen LogP contribution >= 0.6 is 0 Å². The first kappa shape index (κ1) is 145. The molecular formula is C134H278O6Si5. The number of unbranched alkanes of at least 4 members (excludes halogenated alkanes) is 99. The molecule has 0 aliphatic carbocycles. The van der Waals surface area contributed by atoms with Crippen molar-refractivity contribution in [2.45, 2.75) is 856 Å². The molecule has 0 spiro atoms. The van der Waals surface area contributed by atoms with E-state index in [2.05, 4.69) is 76.2 Å². The lowest BCUT2D eigenvalue weighted by molar-refractivity contribution is -0.133. The van der Waals surface area contributed by atoms with Crippen LogP contribution in [0.25, 0.3) is 0 Å². The molecule has 0 saturated carbocycles. The summed E-state index contributed by atoms with van der Waals surface area (Å²) in [6.45, 7) is 28.1. The zero-order valence-corrected chi connectivity index (χ0v) is 108. The molecule has 0 atom stereocenters. The highest BCUT2D eigenvalue weighted by molar-refractivity contribution is 6.92. The Kier molecular flexibility index (Phi) is 117. The topological polar surface area (TPSA) is 63.2 Å². The number of hydrogen-bond donors (Lipinski definition) is 0. The molecule has 0 aromatic rings. The van der Waals surface area contributed by atoms with Gasteiger partial charge in [-0.2, -0.15) is 0 Å². The van der Waals surface area contributed by atoms with Gasteiger partial charge in [-0.25, -0.2) is 0 Å². The summed E-state index contributed by atoms with van der Waals surface area (Å²) in [6, 6.07) is 12.6. The minimum Gasteiger partial charge on any atom is -0.495 e. The smallest absolute Gasteiger partial charge is 0.392 e. The van der Waals surface area contributed by atoms with Gasteiger partial charge in [-0.05, 0) is 54.4 Å². The van der Waals surface area contributed by atoms with Crippen molar-refractivity contribution in [1.29, 1.82) is 0 Å². The third kappa shape index (κ3) is 98.5. The third-order valence-electron chi connectivity index (χ3n) is 34.1. The predicted molar refractivity (Wildman–Crippen MR) is 668 cm³/mol. The summed E-state index contributed by atoms with van der Waals surface area (Å²) < 4.78 is 46.4. The largest absolute Gasteiger partial charge is 0.495 e. The SMILES string of the molecule is CCCCCCCCCCCC[Si](CCCCCCCCCCCC)(CCCCCCCCCCCC)O[Si](CCCCCCCCCCCC)(CCCCCCCCCCCC)O[Si](CCCCCCCCCCCC)(CCCCCCCCCCCC)O[Si](CCCCCCCCCCCC)(CCCCCCCCCCCC)O[Si](CCCCCCCCCCCC)(CCCCCCCCCCCC)OC(C)=O. The van der Waals surface area contributed by atoms with Crippen LogP contribution in [0.5, 0.6) is 0 Å². The molecule has 0 aromatic heterocycles. The quantitative estimate of drug-likeness (QED) is 0.0447. The molecule has 11 heteroatoms. The Bertz CT molecular complexity index is 2280. The standard InChI is InChI=1S/C134H278O6Si5/c1-13-24-35-46-57-68-79-90-101-112-123-141(124-113-102-91-80-69-58-47-36-25-14-2,125-114-103-92-81-70-59-48-37-26-15-3)137-143(128-117-106-95-84-73-62-51-40-29-18-6,129-118-107-96-85-74-63-52-41-30-19-7)139-145(132-121-110-99-88-77-66-55-44-33-22-10,133-122-111-100-89-78-67-56-45-34-23-11)140-144(130-119-108-97-86-75-64-53-42-31-20-8,131-120-109-98-87-76-65-54-43-32-21-9)138-142(136-134(12)135,126-115-104-93-82-71-60-49-38-27-16-4)127-116-105-94-83-72-61-50-39-28-17-5/h13-133H2,1-12H3. The molecule has 0 radical (unpaired) electrons. The van der Waals surface area contributed by atoms with E-state index in [1.165, 1.54) is 724 Å². The fourth-order valence-electron chi connectivity index (χ4n) is 24.5. The molecular weight excluding hydrogens is 1850 g/mol. The summed E-state index contributed by atoms with van der Waals surface area (Å²) in [5.41, 5.74) is 0. The van der Waals surface area contributed by atoms with Crippen molar-refractivity contribution in [2.75, 3.05) is 0 Å². The fourth-order valence-corrected chi connectivity index (χ4v) is 56.0. The second-order valence-electron chi connectivity index (χ2n) is 49.1. The highest BCUT2D eigenvalue weighted by atomic mass is 28.5. The summed E-state index contributed by atoms with van der Waals surface area (Å²) in [5.74, 6) is -0.0663. The third-order valence-corrected chi connectivity index (χ3v) is 59.6. The van der Waals surface area contributed by atoms with E-state index in [1.807, 2.05) is 6.92 Å². The van der Waals surface area contributed by atoms with Crippen LogP contribution < -0.4 is 0 Å². The maximum absolute atomic E-state index is 15.1. The molecule has 870 valence electrons. The lowest BCUT2D eigenvalue weighted by Gasteiger charge is -2.50. The Labute approximate surface area is 923 Å². The Morgan fingerprint density at radius 2 is 0.207 bits per heavy atom. The van der Waals surface area contributed by atoms with Crippen molar-refractivity contribution in [3.05, 3.63) is 0 Å². The molecule has 0 rings (SSSR count).